The van der Waals surface area contributed by atoms with Crippen LogP contribution in [0.5, 0.6) is 5.75 Å². The standard InChI is InChI=1S/C15H12N2O.ClH/c16-10-17-9-15-13-7-2-1-5-11(13)12-6-3-4-8-14(12)18-15;/h1-8,15,17H,9H2;1H. The molecule has 0 amide bonds. The lowest BCUT2D eigenvalue weighted by molar-refractivity contribution is 0.204. The Hall–Kier alpha value is -2.18. The van der Waals surface area contributed by atoms with Crippen molar-refractivity contribution in [1.82, 2.24) is 5.32 Å². The Bertz CT molecular complexity index is 622. The largest absolute Gasteiger partial charge is 0.483 e. The second-order valence-corrected chi connectivity index (χ2v) is 4.18. The van der Waals surface area contributed by atoms with Crippen LogP contribution >= 0.6 is 12.4 Å². The van der Waals surface area contributed by atoms with Gasteiger partial charge in [-0.3, -0.25) is 0 Å². The van der Waals surface area contributed by atoms with Crippen molar-refractivity contribution in [2.45, 2.75) is 6.10 Å². The van der Waals surface area contributed by atoms with Gasteiger partial charge in [0.1, 0.15) is 11.9 Å². The first-order chi connectivity index (χ1) is 8.90. The van der Waals surface area contributed by atoms with Crippen LogP contribution < -0.4 is 10.1 Å². The van der Waals surface area contributed by atoms with Crippen LogP contribution in [-0.2, 0) is 0 Å². The van der Waals surface area contributed by atoms with E-state index in [4.69, 9.17) is 10.00 Å². The fourth-order valence-corrected chi connectivity index (χ4v) is 2.32. The van der Waals surface area contributed by atoms with Crippen LogP contribution in [0.3, 0.4) is 0 Å². The lowest BCUT2D eigenvalue weighted by Crippen LogP contribution is -2.24. The van der Waals surface area contributed by atoms with Crippen molar-refractivity contribution >= 4 is 12.4 Å². The fourth-order valence-electron chi connectivity index (χ4n) is 2.32. The van der Waals surface area contributed by atoms with E-state index in [-0.39, 0.29) is 18.5 Å². The van der Waals surface area contributed by atoms with Gasteiger partial charge in [-0.1, -0.05) is 42.5 Å². The van der Waals surface area contributed by atoms with E-state index in [0.717, 1.165) is 16.9 Å². The summed E-state index contributed by atoms with van der Waals surface area (Å²) in [7, 11) is 0. The van der Waals surface area contributed by atoms with Crippen molar-refractivity contribution in [1.29, 1.82) is 5.26 Å². The van der Waals surface area contributed by atoms with Crippen LogP contribution in [-0.4, -0.2) is 6.54 Å². The van der Waals surface area contributed by atoms with Crippen molar-refractivity contribution in [2.75, 3.05) is 6.54 Å². The molecule has 96 valence electrons. The number of nitrogens with one attached hydrogen (secondary N) is 1. The monoisotopic (exact) mass is 272 g/mol. The number of ether oxygens (including phenoxy) is 1. The number of fused-ring (bicyclic) bond motifs is 3. The molecule has 3 nitrogen and oxygen atoms in total. The molecule has 1 aliphatic rings. The van der Waals surface area contributed by atoms with Gasteiger partial charge in [0.2, 0.25) is 0 Å². The molecule has 0 spiro atoms. The summed E-state index contributed by atoms with van der Waals surface area (Å²) in [6.45, 7) is 0.488. The average Bonchev–Trinajstić information content (AvgIpc) is 2.45. The van der Waals surface area contributed by atoms with Crippen molar-refractivity contribution in [2.24, 2.45) is 0 Å². The van der Waals surface area contributed by atoms with E-state index in [1.54, 1.807) is 0 Å². The number of rotatable bonds is 2. The summed E-state index contributed by atoms with van der Waals surface area (Å²) in [5.74, 6) is 0.876. The summed E-state index contributed by atoms with van der Waals surface area (Å²) in [5.41, 5.74) is 3.42. The zero-order valence-electron chi connectivity index (χ0n) is 10.2. The number of hydrogen-bond acceptors (Lipinski definition) is 3. The smallest absolute Gasteiger partial charge is 0.176 e. The van der Waals surface area contributed by atoms with Gasteiger partial charge < -0.3 is 10.1 Å². The molecule has 2 aromatic rings. The van der Waals surface area contributed by atoms with Crippen LogP contribution in [0.25, 0.3) is 11.1 Å². The maximum Gasteiger partial charge on any atom is 0.176 e. The average molecular weight is 273 g/mol. The Kier molecular flexibility index (Phi) is 3.94. The number of para-hydroxylation sites is 1. The SMILES string of the molecule is Cl.N#CNCC1Oc2ccccc2-c2ccccc21. The van der Waals surface area contributed by atoms with Gasteiger partial charge in [-0.05, 0) is 11.6 Å². The number of nitrogens with zero attached hydrogens (tertiary/aromatic N) is 1. The van der Waals surface area contributed by atoms with Gasteiger partial charge >= 0.3 is 0 Å². The van der Waals surface area contributed by atoms with Crippen molar-refractivity contribution in [3.05, 3.63) is 54.1 Å². The van der Waals surface area contributed by atoms with Gasteiger partial charge in [0.05, 0.1) is 6.54 Å². The minimum atomic E-state index is -0.115. The third kappa shape index (κ3) is 2.35. The van der Waals surface area contributed by atoms with E-state index in [1.807, 2.05) is 36.5 Å². The van der Waals surface area contributed by atoms with E-state index in [0.29, 0.717) is 6.54 Å². The van der Waals surface area contributed by atoms with E-state index >= 15 is 0 Å². The summed E-state index contributed by atoms with van der Waals surface area (Å²) in [4.78, 5) is 0. The van der Waals surface area contributed by atoms with Gasteiger partial charge in [-0.15, -0.1) is 12.4 Å². The number of hydrogen-bond donors (Lipinski definition) is 1. The van der Waals surface area contributed by atoms with Crippen molar-refractivity contribution < 1.29 is 4.74 Å². The van der Waals surface area contributed by atoms with Crippen LogP contribution in [0, 0.1) is 11.5 Å². The van der Waals surface area contributed by atoms with E-state index in [2.05, 4.69) is 23.5 Å². The lowest BCUT2D eigenvalue weighted by atomic mass is 9.93. The highest BCUT2D eigenvalue weighted by Crippen LogP contribution is 2.41. The first kappa shape index (κ1) is 13.3. The first-order valence-corrected chi connectivity index (χ1v) is 5.87. The molecular formula is C15H13ClN2O. The van der Waals surface area contributed by atoms with E-state index < -0.39 is 0 Å². The molecule has 19 heavy (non-hydrogen) atoms. The maximum atomic E-state index is 8.62. The number of nitriles is 1. The highest BCUT2D eigenvalue weighted by atomic mass is 35.5. The van der Waals surface area contributed by atoms with Crippen LogP contribution in [0.1, 0.15) is 11.7 Å². The molecule has 0 aliphatic carbocycles. The quantitative estimate of drug-likeness (QED) is 0.674. The molecule has 4 heteroatoms. The highest BCUT2D eigenvalue weighted by Gasteiger charge is 2.24. The second kappa shape index (κ2) is 5.64. The molecule has 0 fully saturated rings. The minimum Gasteiger partial charge on any atom is -0.483 e. The van der Waals surface area contributed by atoms with Gasteiger partial charge in [-0.2, -0.15) is 5.26 Å². The summed E-state index contributed by atoms with van der Waals surface area (Å²) >= 11 is 0. The zero-order chi connectivity index (χ0) is 12.4. The molecule has 3 rings (SSSR count). The summed E-state index contributed by atoms with van der Waals surface area (Å²) in [6.07, 6.45) is 1.82. The number of halogens is 1. The third-order valence-electron chi connectivity index (χ3n) is 3.12. The molecule has 1 atom stereocenters. The summed E-state index contributed by atoms with van der Waals surface area (Å²) in [6, 6.07) is 16.2. The van der Waals surface area contributed by atoms with Crippen molar-refractivity contribution in [3.8, 4) is 23.1 Å². The van der Waals surface area contributed by atoms with Gasteiger partial charge in [0, 0.05) is 11.1 Å². The third-order valence-corrected chi connectivity index (χ3v) is 3.12. The minimum absolute atomic E-state index is 0. The Labute approximate surface area is 118 Å². The van der Waals surface area contributed by atoms with Crippen LogP contribution in [0.2, 0.25) is 0 Å². The zero-order valence-corrected chi connectivity index (χ0v) is 11.0. The first-order valence-electron chi connectivity index (χ1n) is 5.87. The summed E-state index contributed by atoms with van der Waals surface area (Å²) < 4.78 is 5.95. The number of benzene rings is 2. The molecular weight excluding hydrogens is 260 g/mol. The Morgan fingerprint density at radius 2 is 1.74 bits per heavy atom. The molecule has 0 bridgehead atoms. The molecule has 1 N–H and O–H groups in total. The van der Waals surface area contributed by atoms with Crippen LogP contribution in [0.15, 0.2) is 48.5 Å². The fraction of sp³-hybridized carbons (Fsp3) is 0.133. The van der Waals surface area contributed by atoms with E-state index in [1.165, 1.54) is 5.56 Å². The highest BCUT2D eigenvalue weighted by molar-refractivity contribution is 5.85. The van der Waals surface area contributed by atoms with Crippen molar-refractivity contribution in [3.63, 3.8) is 0 Å². The molecule has 0 saturated carbocycles. The second-order valence-electron chi connectivity index (χ2n) is 4.18. The Morgan fingerprint density at radius 1 is 1.05 bits per heavy atom. The molecule has 0 aromatic heterocycles. The van der Waals surface area contributed by atoms with Crippen LogP contribution in [0.4, 0.5) is 0 Å². The predicted octanol–water partition coefficient (Wildman–Crippen LogP) is 3.28. The molecule has 0 saturated heterocycles. The molecule has 1 unspecified atom stereocenters. The van der Waals surface area contributed by atoms with E-state index in [9.17, 15) is 0 Å². The van der Waals surface area contributed by atoms with Gasteiger partial charge in [0.25, 0.3) is 0 Å². The van der Waals surface area contributed by atoms with Gasteiger partial charge in [0.15, 0.2) is 6.19 Å². The molecule has 2 aromatic carbocycles. The molecule has 1 aliphatic heterocycles. The summed E-state index contributed by atoms with van der Waals surface area (Å²) in [5, 5.41) is 11.3. The molecule has 1 heterocycles. The Balaban J connectivity index is 0.00000133. The maximum absolute atomic E-state index is 8.62. The normalized spacial score (nSPS) is 15.0. The Morgan fingerprint density at radius 3 is 2.53 bits per heavy atom. The predicted molar refractivity (Wildman–Crippen MR) is 76.1 cm³/mol. The topological polar surface area (TPSA) is 45.0 Å². The molecule has 0 radical (unpaired) electrons. The lowest BCUT2D eigenvalue weighted by Gasteiger charge is -2.28. The van der Waals surface area contributed by atoms with Gasteiger partial charge in [-0.25, -0.2) is 0 Å².